The fraction of sp³-hybridized carbons (Fsp3) is 0.727. The Bertz CT molecular complexity index is 307. The molecule has 4 heteroatoms. The van der Waals surface area contributed by atoms with Crippen LogP contribution >= 0.6 is 0 Å². The van der Waals surface area contributed by atoms with Gasteiger partial charge in [-0.15, -0.1) is 0 Å². The minimum Gasteiger partial charge on any atom is -0.374 e. The second-order valence-corrected chi connectivity index (χ2v) is 4.33. The zero-order valence-electron chi connectivity index (χ0n) is 10.0. The van der Waals surface area contributed by atoms with Crippen LogP contribution in [0.3, 0.4) is 0 Å². The van der Waals surface area contributed by atoms with Crippen LogP contribution in [0.2, 0.25) is 0 Å². The summed E-state index contributed by atoms with van der Waals surface area (Å²) in [5.41, 5.74) is 6.82. The number of rotatable bonds is 5. The molecule has 2 N–H and O–H groups in total. The largest absolute Gasteiger partial charge is 0.374 e. The van der Waals surface area contributed by atoms with E-state index in [1.165, 1.54) is 0 Å². The van der Waals surface area contributed by atoms with Crippen molar-refractivity contribution >= 4 is 0 Å². The van der Waals surface area contributed by atoms with Crippen molar-refractivity contribution in [3.8, 4) is 0 Å². The number of ether oxygens (including phenoxy) is 1. The van der Waals surface area contributed by atoms with Crippen LogP contribution in [0.1, 0.15) is 26.5 Å². The number of aromatic nitrogens is 2. The second-order valence-electron chi connectivity index (χ2n) is 4.33. The SMILES string of the molecule is CCOC(C)(C)C(N)Cc1ccn(C)n1. The van der Waals surface area contributed by atoms with Crippen LogP contribution < -0.4 is 5.73 Å². The van der Waals surface area contributed by atoms with Crippen LogP contribution in [0, 0.1) is 0 Å². The summed E-state index contributed by atoms with van der Waals surface area (Å²) in [6.07, 6.45) is 2.67. The van der Waals surface area contributed by atoms with E-state index in [1.54, 1.807) is 4.68 Å². The smallest absolute Gasteiger partial charge is 0.0780 e. The lowest BCUT2D eigenvalue weighted by Gasteiger charge is -2.31. The van der Waals surface area contributed by atoms with Crippen molar-refractivity contribution in [2.75, 3.05) is 6.61 Å². The molecule has 0 spiro atoms. The minimum absolute atomic E-state index is 0.0349. The quantitative estimate of drug-likeness (QED) is 0.793. The molecule has 0 aromatic carbocycles. The average Bonchev–Trinajstić information content (AvgIpc) is 2.51. The molecule has 0 aliphatic carbocycles. The normalized spacial score (nSPS) is 14.2. The van der Waals surface area contributed by atoms with Gasteiger partial charge < -0.3 is 10.5 Å². The highest BCUT2D eigenvalue weighted by atomic mass is 16.5. The van der Waals surface area contributed by atoms with Gasteiger partial charge in [-0.25, -0.2) is 0 Å². The number of nitrogens with zero attached hydrogens (tertiary/aromatic N) is 2. The van der Waals surface area contributed by atoms with Crippen molar-refractivity contribution in [3.63, 3.8) is 0 Å². The minimum atomic E-state index is -0.299. The van der Waals surface area contributed by atoms with Crippen molar-refractivity contribution in [2.24, 2.45) is 12.8 Å². The third kappa shape index (κ3) is 3.32. The molecule has 0 radical (unpaired) electrons. The van der Waals surface area contributed by atoms with E-state index in [0.29, 0.717) is 6.61 Å². The lowest BCUT2D eigenvalue weighted by Crippen LogP contribution is -2.46. The van der Waals surface area contributed by atoms with Crippen LogP contribution in [-0.2, 0) is 18.2 Å². The van der Waals surface area contributed by atoms with Gasteiger partial charge in [-0.3, -0.25) is 4.68 Å². The first kappa shape index (κ1) is 12.2. The summed E-state index contributed by atoms with van der Waals surface area (Å²) in [5.74, 6) is 0. The van der Waals surface area contributed by atoms with Crippen LogP contribution in [0.15, 0.2) is 12.3 Å². The van der Waals surface area contributed by atoms with Gasteiger partial charge in [-0.1, -0.05) is 0 Å². The monoisotopic (exact) mass is 211 g/mol. The molecule has 1 aromatic heterocycles. The molecule has 1 unspecified atom stereocenters. The Hall–Kier alpha value is -0.870. The van der Waals surface area contributed by atoms with Gasteiger partial charge in [-0.05, 0) is 26.8 Å². The highest BCUT2D eigenvalue weighted by molar-refractivity contribution is 5.03. The molecule has 1 aromatic rings. The Balaban J connectivity index is 2.58. The van der Waals surface area contributed by atoms with E-state index in [4.69, 9.17) is 10.5 Å². The van der Waals surface area contributed by atoms with Gasteiger partial charge in [0.25, 0.3) is 0 Å². The predicted octanol–water partition coefficient (Wildman–Crippen LogP) is 1.10. The second kappa shape index (κ2) is 4.77. The summed E-state index contributed by atoms with van der Waals surface area (Å²) < 4.78 is 7.40. The fourth-order valence-corrected chi connectivity index (χ4v) is 1.52. The maximum atomic E-state index is 6.10. The van der Waals surface area contributed by atoms with Crippen LogP contribution in [0.4, 0.5) is 0 Å². The molecule has 0 saturated heterocycles. The highest BCUT2D eigenvalue weighted by Gasteiger charge is 2.27. The molecule has 0 amide bonds. The van der Waals surface area contributed by atoms with E-state index in [-0.39, 0.29) is 11.6 Å². The molecular weight excluding hydrogens is 190 g/mol. The van der Waals surface area contributed by atoms with Gasteiger partial charge in [0, 0.05) is 32.3 Å². The Morgan fingerprint density at radius 2 is 2.27 bits per heavy atom. The zero-order valence-corrected chi connectivity index (χ0v) is 10.0. The van der Waals surface area contributed by atoms with Gasteiger partial charge in [0.1, 0.15) is 0 Å². The van der Waals surface area contributed by atoms with E-state index in [9.17, 15) is 0 Å². The zero-order chi connectivity index (χ0) is 11.5. The Morgan fingerprint density at radius 1 is 1.60 bits per heavy atom. The predicted molar refractivity (Wildman–Crippen MR) is 60.6 cm³/mol. The topological polar surface area (TPSA) is 53.1 Å². The number of nitrogens with two attached hydrogens (primary N) is 1. The van der Waals surface area contributed by atoms with Gasteiger partial charge in [0.15, 0.2) is 0 Å². The van der Waals surface area contributed by atoms with Crippen molar-refractivity contribution in [2.45, 2.75) is 38.8 Å². The first-order chi connectivity index (χ1) is 6.95. The van der Waals surface area contributed by atoms with Crippen molar-refractivity contribution in [1.29, 1.82) is 0 Å². The average molecular weight is 211 g/mol. The first-order valence-electron chi connectivity index (χ1n) is 5.33. The first-order valence-corrected chi connectivity index (χ1v) is 5.33. The summed E-state index contributed by atoms with van der Waals surface area (Å²) in [4.78, 5) is 0. The maximum Gasteiger partial charge on any atom is 0.0780 e. The van der Waals surface area contributed by atoms with Gasteiger partial charge in [0.2, 0.25) is 0 Å². The Kier molecular flexibility index (Phi) is 3.88. The summed E-state index contributed by atoms with van der Waals surface area (Å²) in [7, 11) is 1.91. The molecule has 0 bridgehead atoms. The third-order valence-electron chi connectivity index (χ3n) is 2.61. The standard InChI is InChI=1S/C11H21N3O/c1-5-15-11(2,3)10(12)8-9-6-7-14(4)13-9/h6-7,10H,5,8,12H2,1-4H3. The van der Waals surface area contributed by atoms with E-state index >= 15 is 0 Å². The summed E-state index contributed by atoms with van der Waals surface area (Å²) in [6.45, 7) is 6.70. The summed E-state index contributed by atoms with van der Waals surface area (Å²) >= 11 is 0. The van der Waals surface area contributed by atoms with Crippen molar-refractivity contribution in [1.82, 2.24) is 9.78 Å². The Labute approximate surface area is 91.4 Å². The molecule has 0 saturated carbocycles. The molecule has 15 heavy (non-hydrogen) atoms. The summed E-state index contributed by atoms with van der Waals surface area (Å²) in [6, 6.07) is 1.95. The molecule has 1 heterocycles. The molecule has 0 aliphatic rings. The van der Waals surface area contributed by atoms with Crippen molar-refractivity contribution in [3.05, 3.63) is 18.0 Å². The van der Waals surface area contributed by atoms with Crippen molar-refractivity contribution < 1.29 is 4.74 Å². The fourth-order valence-electron chi connectivity index (χ4n) is 1.52. The highest BCUT2D eigenvalue weighted by Crippen LogP contribution is 2.16. The third-order valence-corrected chi connectivity index (χ3v) is 2.61. The van der Waals surface area contributed by atoms with Crippen LogP contribution in [-0.4, -0.2) is 28.0 Å². The lowest BCUT2D eigenvalue weighted by molar-refractivity contribution is -0.0290. The van der Waals surface area contributed by atoms with Gasteiger partial charge >= 0.3 is 0 Å². The number of aryl methyl sites for hydroxylation is 1. The Morgan fingerprint density at radius 3 is 2.73 bits per heavy atom. The molecule has 1 rings (SSSR count). The lowest BCUT2D eigenvalue weighted by atomic mass is 9.95. The van der Waals surface area contributed by atoms with E-state index < -0.39 is 0 Å². The molecule has 0 fully saturated rings. The molecular formula is C11H21N3O. The number of hydrogen-bond acceptors (Lipinski definition) is 3. The van der Waals surface area contributed by atoms with Gasteiger partial charge in [0.05, 0.1) is 11.3 Å². The van der Waals surface area contributed by atoms with E-state index in [1.807, 2.05) is 40.1 Å². The molecule has 0 aliphatic heterocycles. The molecule has 1 atom stereocenters. The number of hydrogen-bond donors (Lipinski definition) is 1. The van der Waals surface area contributed by atoms with E-state index in [0.717, 1.165) is 12.1 Å². The molecule has 4 nitrogen and oxygen atoms in total. The van der Waals surface area contributed by atoms with Crippen LogP contribution in [0.5, 0.6) is 0 Å². The van der Waals surface area contributed by atoms with Crippen LogP contribution in [0.25, 0.3) is 0 Å². The van der Waals surface area contributed by atoms with Gasteiger partial charge in [-0.2, -0.15) is 5.10 Å². The maximum absolute atomic E-state index is 6.10. The summed E-state index contributed by atoms with van der Waals surface area (Å²) in [5, 5.41) is 4.31. The molecule has 86 valence electrons. The van der Waals surface area contributed by atoms with E-state index in [2.05, 4.69) is 5.10 Å².